The largest absolute Gasteiger partial charge is 0.489 e. The van der Waals surface area contributed by atoms with Gasteiger partial charge in [0.2, 0.25) is 0 Å². The number of benzene rings is 1. The molecule has 2 amide bonds. The second-order valence-corrected chi connectivity index (χ2v) is 9.05. The van der Waals surface area contributed by atoms with E-state index in [1.54, 1.807) is 20.8 Å². The predicted octanol–water partition coefficient (Wildman–Crippen LogP) is 4.14. The lowest BCUT2D eigenvalue weighted by Gasteiger charge is -2.25. The Kier molecular flexibility index (Phi) is 8.17. The van der Waals surface area contributed by atoms with Crippen LogP contribution >= 0.6 is 0 Å². The van der Waals surface area contributed by atoms with Crippen LogP contribution < -0.4 is 5.32 Å². The molecular formula is C26H33N3O5. The van der Waals surface area contributed by atoms with Crippen molar-refractivity contribution >= 4 is 18.1 Å². The molecule has 34 heavy (non-hydrogen) atoms. The fourth-order valence-corrected chi connectivity index (χ4v) is 3.53. The van der Waals surface area contributed by atoms with Crippen molar-refractivity contribution in [1.82, 2.24) is 15.4 Å². The van der Waals surface area contributed by atoms with Gasteiger partial charge in [-0.3, -0.25) is 9.63 Å². The standard InChI is InChI=1S/C26H33N3O5/c1-26(2,3)34-25(31)28-23(24(30)29(4)32-5)14-19-16-27-22-13-9-12-20(15-21(19)22)33-17-18-10-7-6-8-11-18/h6-12,15-16,23,27H,13-14,17H2,1-5H3,(H,28,31). The Morgan fingerprint density at radius 2 is 1.94 bits per heavy atom. The fourth-order valence-electron chi connectivity index (χ4n) is 3.53. The molecule has 8 heteroatoms. The third kappa shape index (κ3) is 6.99. The van der Waals surface area contributed by atoms with E-state index >= 15 is 0 Å². The summed E-state index contributed by atoms with van der Waals surface area (Å²) >= 11 is 0. The Labute approximate surface area is 200 Å². The number of carbonyl (C=O) groups excluding carboxylic acids is 2. The smallest absolute Gasteiger partial charge is 0.408 e. The molecule has 8 nitrogen and oxygen atoms in total. The Morgan fingerprint density at radius 3 is 2.62 bits per heavy atom. The van der Waals surface area contributed by atoms with E-state index in [1.165, 1.54) is 14.2 Å². The van der Waals surface area contributed by atoms with Gasteiger partial charge in [0, 0.05) is 37.3 Å². The van der Waals surface area contributed by atoms with Gasteiger partial charge in [0.25, 0.3) is 5.91 Å². The second kappa shape index (κ2) is 11.1. The Hall–Kier alpha value is -3.52. The molecule has 1 aromatic heterocycles. The van der Waals surface area contributed by atoms with Crippen LogP contribution in [0.1, 0.15) is 43.2 Å². The number of ether oxygens (including phenoxy) is 2. The number of hydrogen-bond acceptors (Lipinski definition) is 5. The van der Waals surface area contributed by atoms with E-state index in [-0.39, 0.29) is 12.3 Å². The van der Waals surface area contributed by atoms with Gasteiger partial charge in [0.05, 0.1) is 7.11 Å². The van der Waals surface area contributed by atoms with Gasteiger partial charge in [-0.2, -0.15) is 0 Å². The summed E-state index contributed by atoms with van der Waals surface area (Å²) in [5, 5.41) is 3.79. The molecule has 2 N–H and O–H groups in total. The first-order chi connectivity index (χ1) is 16.2. The van der Waals surface area contributed by atoms with E-state index in [2.05, 4.69) is 10.3 Å². The lowest BCUT2D eigenvalue weighted by molar-refractivity contribution is -0.171. The quantitative estimate of drug-likeness (QED) is 0.569. The van der Waals surface area contributed by atoms with E-state index in [1.807, 2.05) is 54.8 Å². The number of aromatic amines is 1. The Balaban J connectivity index is 1.81. The van der Waals surface area contributed by atoms with Crippen LogP contribution in [0.5, 0.6) is 0 Å². The third-order valence-electron chi connectivity index (χ3n) is 5.23. The summed E-state index contributed by atoms with van der Waals surface area (Å²) in [6.07, 6.45) is 8.08. The third-order valence-corrected chi connectivity index (χ3v) is 5.23. The molecule has 3 rings (SSSR count). The van der Waals surface area contributed by atoms with E-state index in [9.17, 15) is 9.59 Å². The molecule has 1 unspecified atom stereocenters. The van der Waals surface area contributed by atoms with Crippen molar-refractivity contribution in [2.75, 3.05) is 14.2 Å². The zero-order chi connectivity index (χ0) is 24.7. The maximum absolute atomic E-state index is 12.9. The van der Waals surface area contributed by atoms with Crippen LogP contribution in [-0.2, 0) is 38.6 Å². The number of rotatable bonds is 8. The van der Waals surface area contributed by atoms with Gasteiger partial charge in [-0.25, -0.2) is 9.86 Å². The number of nitrogens with zero attached hydrogens (tertiary/aromatic N) is 1. The number of hydrogen-bond donors (Lipinski definition) is 2. The average Bonchev–Trinajstić information content (AvgIpc) is 3.03. The molecule has 0 aliphatic heterocycles. The normalized spacial score (nSPS) is 13.9. The number of alkyl carbamates (subject to hydrolysis) is 1. The number of nitrogens with one attached hydrogen (secondary N) is 2. The first-order valence-corrected chi connectivity index (χ1v) is 11.2. The average molecular weight is 468 g/mol. The van der Waals surface area contributed by atoms with E-state index < -0.39 is 17.7 Å². The molecule has 0 saturated heterocycles. The van der Waals surface area contributed by atoms with Crippen molar-refractivity contribution < 1.29 is 23.9 Å². The summed E-state index contributed by atoms with van der Waals surface area (Å²) in [5.74, 6) is 0.333. The van der Waals surface area contributed by atoms with Crippen LogP contribution in [0.25, 0.3) is 6.08 Å². The molecule has 0 saturated carbocycles. The first kappa shape index (κ1) is 25.1. The van der Waals surface area contributed by atoms with Crippen molar-refractivity contribution in [2.45, 2.75) is 51.9 Å². The van der Waals surface area contributed by atoms with Crippen LogP contribution in [0.3, 0.4) is 0 Å². The fraction of sp³-hybridized carbons (Fsp3) is 0.385. The number of fused-ring (bicyclic) bond motifs is 1. The zero-order valence-corrected chi connectivity index (χ0v) is 20.4. The zero-order valence-electron chi connectivity index (χ0n) is 20.4. The SMILES string of the molecule is CON(C)C(=O)C(Cc1c[nH]c2c1C=C(OCc1ccccc1)C=CC2)NC(=O)OC(C)(C)C. The monoisotopic (exact) mass is 467 g/mol. The van der Waals surface area contributed by atoms with Crippen LogP contribution in [0.15, 0.2) is 54.4 Å². The van der Waals surface area contributed by atoms with Crippen molar-refractivity contribution in [3.8, 4) is 0 Å². The molecule has 0 spiro atoms. The van der Waals surface area contributed by atoms with Gasteiger partial charge in [0.1, 0.15) is 24.0 Å². The molecule has 0 bridgehead atoms. The highest BCUT2D eigenvalue weighted by Crippen LogP contribution is 2.25. The number of allylic oxidation sites excluding steroid dienone is 2. The maximum Gasteiger partial charge on any atom is 0.408 e. The van der Waals surface area contributed by atoms with Gasteiger partial charge >= 0.3 is 6.09 Å². The molecule has 0 radical (unpaired) electrons. The molecule has 1 atom stereocenters. The highest BCUT2D eigenvalue weighted by molar-refractivity contribution is 5.85. The van der Waals surface area contributed by atoms with E-state index in [0.29, 0.717) is 13.0 Å². The van der Waals surface area contributed by atoms with Crippen molar-refractivity contribution in [1.29, 1.82) is 0 Å². The minimum absolute atomic E-state index is 0.250. The van der Waals surface area contributed by atoms with Gasteiger partial charge in [0.15, 0.2) is 0 Å². The predicted molar refractivity (Wildman–Crippen MR) is 129 cm³/mol. The summed E-state index contributed by atoms with van der Waals surface area (Å²) in [6.45, 7) is 5.76. The molecule has 1 aliphatic carbocycles. The van der Waals surface area contributed by atoms with E-state index in [0.717, 1.165) is 33.2 Å². The summed E-state index contributed by atoms with van der Waals surface area (Å²) < 4.78 is 11.4. The number of hydroxylamine groups is 2. The minimum Gasteiger partial charge on any atom is -0.489 e. The second-order valence-electron chi connectivity index (χ2n) is 9.05. The van der Waals surface area contributed by atoms with Crippen molar-refractivity contribution in [3.63, 3.8) is 0 Å². The number of likely N-dealkylation sites (N-methyl/N-ethyl adjacent to an activating group) is 1. The summed E-state index contributed by atoms with van der Waals surface area (Å²) in [6, 6.07) is 9.07. The number of amides is 2. The minimum atomic E-state index is -0.877. The highest BCUT2D eigenvalue weighted by atomic mass is 16.7. The van der Waals surface area contributed by atoms with Gasteiger partial charge in [-0.15, -0.1) is 0 Å². The van der Waals surface area contributed by atoms with Crippen LogP contribution in [0, 0.1) is 0 Å². The van der Waals surface area contributed by atoms with Crippen LogP contribution in [0.2, 0.25) is 0 Å². The Bertz CT molecular complexity index is 1050. The first-order valence-electron chi connectivity index (χ1n) is 11.2. The van der Waals surface area contributed by atoms with Crippen molar-refractivity contribution in [2.24, 2.45) is 0 Å². The number of aromatic nitrogens is 1. The summed E-state index contributed by atoms with van der Waals surface area (Å²) in [4.78, 5) is 33.7. The molecule has 2 aromatic rings. The highest BCUT2D eigenvalue weighted by Gasteiger charge is 2.28. The maximum atomic E-state index is 12.9. The van der Waals surface area contributed by atoms with Gasteiger partial charge < -0.3 is 19.8 Å². The topological polar surface area (TPSA) is 92.9 Å². The van der Waals surface area contributed by atoms with E-state index in [4.69, 9.17) is 14.3 Å². The van der Waals surface area contributed by atoms with Crippen LogP contribution in [-0.4, -0.2) is 47.8 Å². The lowest BCUT2D eigenvalue weighted by atomic mass is 10.0. The van der Waals surface area contributed by atoms with Gasteiger partial charge in [-0.05, 0) is 44.1 Å². The Morgan fingerprint density at radius 1 is 1.21 bits per heavy atom. The molecule has 1 aromatic carbocycles. The van der Waals surface area contributed by atoms with Gasteiger partial charge in [-0.1, -0.05) is 36.4 Å². The molecule has 182 valence electrons. The summed E-state index contributed by atoms with van der Waals surface area (Å²) in [5.41, 5.74) is 3.21. The number of H-pyrrole nitrogens is 1. The van der Waals surface area contributed by atoms with Crippen LogP contribution in [0.4, 0.5) is 4.79 Å². The molecule has 1 heterocycles. The molecular weight excluding hydrogens is 434 g/mol. The molecule has 1 aliphatic rings. The van der Waals surface area contributed by atoms with Crippen molar-refractivity contribution in [3.05, 3.63) is 76.8 Å². The summed E-state index contributed by atoms with van der Waals surface area (Å²) in [7, 11) is 2.90. The molecule has 0 fully saturated rings. The lowest BCUT2D eigenvalue weighted by Crippen LogP contribution is -2.49. The number of carbonyl (C=O) groups is 2.